The van der Waals surface area contributed by atoms with Gasteiger partial charge in [0, 0.05) is 13.0 Å². The fraction of sp³-hybridized carbons (Fsp3) is 0.353. The van der Waals surface area contributed by atoms with Crippen molar-refractivity contribution < 1.29 is 28.8 Å². The van der Waals surface area contributed by atoms with E-state index in [1.807, 2.05) is 0 Å². The Morgan fingerprint density at radius 3 is 2.77 bits per heavy atom. The van der Waals surface area contributed by atoms with Crippen LogP contribution in [0.4, 0.5) is 11.4 Å². The van der Waals surface area contributed by atoms with Gasteiger partial charge in [0.1, 0.15) is 17.9 Å². The summed E-state index contributed by atoms with van der Waals surface area (Å²) in [7, 11) is 0. The summed E-state index contributed by atoms with van der Waals surface area (Å²) in [5, 5.41) is 11.3. The molecule has 2 amide bonds. The van der Waals surface area contributed by atoms with Crippen molar-refractivity contribution in [2.75, 3.05) is 11.5 Å². The molecular formula is C17H14N2O7. The smallest absolute Gasteiger partial charge is 0.302 e. The van der Waals surface area contributed by atoms with Gasteiger partial charge in [0.15, 0.2) is 0 Å². The van der Waals surface area contributed by atoms with E-state index < -0.39 is 46.2 Å². The maximum absolute atomic E-state index is 13.0. The second-order valence-corrected chi connectivity index (χ2v) is 6.44. The Balaban J connectivity index is 1.74. The molecule has 0 unspecified atom stereocenters. The van der Waals surface area contributed by atoms with Gasteiger partial charge in [-0.15, -0.1) is 0 Å². The van der Waals surface area contributed by atoms with Crippen LogP contribution in [0.1, 0.15) is 6.92 Å². The van der Waals surface area contributed by atoms with Gasteiger partial charge in [-0.3, -0.25) is 24.5 Å². The Morgan fingerprint density at radius 1 is 1.35 bits per heavy atom. The van der Waals surface area contributed by atoms with Gasteiger partial charge in [0.25, 0.3) is 5.69 Å². The minimum Gasteiger partial charge on any atom is -0.462 e. The van der Waals surface area contributed by atoms with Crippen molar-refractivity contribution in [3.05, 3.63) is 46.5 Å². The summed E-state index contributed by atoms with van der Waals surface area (Å²) in [5.74, 6) is -3.34. The van der Waals surface area contributed by atoms with Crippen molar-refractivity contribution >= 4 is 29.2 Å². The second kappa shape index (κ2) is 5.46. The van der Waals surface area contributed by atoms with Crippen molar-refractivity contribution in [2.45, 2.75) is 18.6 Å². The summed E-state index contributed by atoms with van der Waals surface area (Å²) >= 11 is 0. The highest BCUT2D eigenvalue weighted by atomic mass is 16.6. The van der Waals surface area contributed by atoms with Crippen molar-refractivity contribution in [3.63, 3.8) is 0 Å². The Morgan fingerprint density at radius 2 is 2.08 bits per heavy atom. The zero-order valence-electron chi connectivity index (χ0n) is 13.7. The lowest BCUT2D eigenvalue weighted by Gasteiger charge is -2.27. The molecule has 3 heterocycles. The van der Waals surface area contributed by atoms with Crippen molar-refractivity contribution in [1.29, 1.82) is 0 Å². The normalized spacial score (nSPS) is 31.4. The summed E-state index contributed by atoms with van der Waals surface area (Å²) in [6, 6.07) is 5.59. The summed E-state index contributed by atoms with van der Waals surface area (Å²) in [5.41, 5.74) is -1.61. The Bertz CT molecular complexity index is 880. The molecule has 0 aliphatic carbocycles. The molecule has 26 heavy (non-hydrogen) atoms. The highest BCUT2D eigenvalue weighted by Gasteiger charge is 2.68. The lowest BCUT2D eigenvalue weighted by molar-refractivity contribution is -0.384. The van der Waals surface area contributed by atoms with E-state index in [-0.39, 0.29) is 18.0 Å². The van der Waals surface area contributed by atoms with Crippen LogP contribution in [0.5, 0.6) is 0 Å². The van der Waals surface area contributed by atoms with Crippen LogP contribution in [-0.4, -0.2) is 41.0 Å². The van der Waals surface area contributed by atoms with E-state index in [1.54, 1.807) is 12.2 Å². The zero-order chi connectivity index (χ0) is 18.6. The molecule has 0 spiro atoms. The number of imide groups is 1. The standard InChI is InChI=1S/C17H14N2O7/c1-9(20)25-8-17-7-6-12(26-17)13-14(17)16(22)18(15(13)21)10-4-2-3-5-11(10)19(23)24/h2-7,12-14H,8H2,1H3/t12-,13+,14-,17-/m1/s1. The Labute approximate surface area is 147 Å². The number of hydrogen-bond donors (Lipinski definition) is 0. The third kappa shape index (κ3) is 2.10. The van der Waals surface area contributed by atoms with Crippen molar-refractivity contribution in [3.8, 4) is 0 Å². The number of nitrogens with zero attached hydrogens (tertiary/aromatic N) is 2. The van der Waals surface area contributed by atoms with Gasteiger partial charge >= 0.3 is 5.97 Å². The predicted molar refractivity (Wildman–Crippen MR) is 85.9 cm³/mol. The topological polar surface area (TPSA) is 116 Å². The van der Waals surface area contributed by atoms with Gasteiger partial charge in [0.2, 0.25) is 11.8 Å². The molecule has 9 heteroatoms. The average Bonchev–Trinajstić information content (AvgIpc) is 3.24. The van der Waals surface area contributed by atoms with E-state index in [9.17, 15) is 24.5 Å². The number of nitro groups is 1. The lowest BCUT2D eigenvalue weighted by Crippen LogP contribution is -2.44. The quantitative estimate of drug-likeness (QED) is 0.259. The van der Waals surface area contributed by atoms with Crippen LogP contribution < -0.4 is 4.90 Å². The van der Waals surface area contributed by atoms with Gasteiger partial charge in [-0.25, -0.2) is 4.90 Å². The van der Waals surface area contributed by atoms with Crippen LogP contribution in [0.15, 0.2) is 36.4 Å². The molecule has 1 aromatic carbocycles. The van der Waals surface area contributed by atoms with Crippen LogP contribution in [-0.2, 0) is 23.9 Å². The summed E-state index contributed by atoms with van der Waals surface area (Å²) in [6.45, 7) is 1.04. The number of nitro benzene ring substituents is 1. The van der Waals surface area contributed by atoms with Gasteiger partial charge in [-0.2, -0.15) is 0 Å². The van der Waals surface area contributed by atoms with Crippen LogP contribution in [0, 0.1) is 22.0 Å². The van der Waals surface area contributed by atoms with E-state index in [1.165, 1.54) is 31.2 Å². The number of anilines is 1. The van der Waals surface area contributed by atoms with Crippen LogP contribution in [0.3, 0.4) is 0 Å². The van der Waals surface area contributed by atoms with Crippen molar-refractivity contribution in [1.82, 2.24) is 0 Å². The SMILES string of the molecule is CC(=O)OC[C@@]12C=C[C@@H](O1)[C@@H]1C(=O)N(c3ccccc3[N+](=O)[O-])C(=O)[C@@H]12. The minimum absolute atomic E-state index is 0.0658. The molecule has 0 aromatic heterocycles. The number of carbonyl (C=O) groups is 3. The Hall–Kier alpha value is -3.07. The number of amides is 2. The Kier molecular flexibility index (Phi) is 3.45. The molecule has 0 radical (unpaired) electrons. The van der Waals surface area contributed by atoms with E-state index >= 15 is 0 Å². The number of carbonyl (C=O) groups excluding carboxylic acids is 3. The maximum Gasteiger partial charge on any atom is 0.302 e. The van der Waals surface area contributed by atoms with E-state index in [2.05, 4.69) is 0 Å². The van der Waals surface area contributed by atoms with Crippen LogP contribution in [0.25, 0.3) is 0 Å². The second-order valence-electron chi connectivity index (χ2n) is 6.44. The zero-order valence-corrected chi connectivity index (χ0v) is 13.7. The predicted octanol–water partition coefficient (Wildman–Crippen LogP) is 0.971. The summed E-state index contributed by atoms with van der Waals surface area (Å²) in [6.07, 6.45) is 2.67. The molecule has 0 N–H and O–H groups in total. The molecule has 1 aromatic rings. The molecule has 3 aliphatic rings. The molecule has 2 fully saturated rings. The first-order valence-electron chi connectivity index (χ1n) is 7.97. The number of hydrogen-bond acceptors (Lipinski definition) is 7. The average molecular weight is 358 g/mol. The van der Waals surface area contributed by atoms with Gasteiger partial charge in [0.05, 0.1) is 22.9 Å². The lowest BCUT2D eigenvalue weighted by atomic mass is 9.77. The van der Waals surface area contributed by atoms with Crippen molar-refractivity contribution in [2.24, 2.45) is 11.8 Å². The highest BCUT2D eigenvalue weighted by molar-refractivity contribution is 6.24. The monoisotopic (exact) mass is 358 g/mol. The first-order chi connectivity index (χ1) is 12.4. The number of benzene rings is 1. The number of esters is 1. The largest absolute Gasteiger partial charge is 0.462 e. The summed E-state index contributed by atoms with van der Waals surface area (Å²) in [4.78, 5) is 48.6. The fourth-order valence-electron chi connectivity index (χ4n) is 3.93. The van der Waals surface area contributed by atoms with Gasteiger partial charge in [-0.05, 0) is 12.1 Å². The number of para-hydroxylation sites is 2. The third-order valence-electron chi connectivity index (χ3n) is 4.98. The minimum atomic E-state index is -1.22. The van der Waals surface area contributed by atoms with E-state index in [0.29, 0.717) is 0 Å². The molecule has 2 saturated heterocycles. The molecule has 9 nitrogen and oxygen atoms in total. The molecule has 0 saturated carbocycles. The highest BCUT2D eigenvalue weighted by Crippen LogP contribution is 2.53. The molecule has 2 bridgehead atoms. The summed E-state index contributed by atoms with van der Waals surface area (Å²) < 4.78 is 10.8. The maximum atomic E-state index is 13.0. The van der Waals surface area contributed by atoms with Gasteiger partial charge in [-0.1, -0.05) is 18.2 Å². The number of ether oxygens (including phenoxy) is 2. The van der Waals surface area contributed by atoms with Crippen LogP contribution >= 0.6 is 0 Å². The van der Waals surface area contributed by atoms with Crippen LogP contribution in [0.2, 0.25) is 0 Å². The molecule has 4 rings (SSSR count). The van der Waals surface area contributed by atoms with Gasteiger partial charge < -0.3 is 9.47 Å². The first-order valence-corrected chi connectivity index (χ1v) is 7.97. The molecule has 134 valence electrons. The molecule has 3 aliphatic heterocycles. The van der Waals surface area contributed by atoms with E-state index in [4.69, 9.17) is 9.47 Å². The fourth-order valence-corrected chi connectivity index (χ4v) is 3.93. The number of rotatable bonds is 4. The molecule has 4 atom stereocenters. The first kappa shape index (κ1) is 16.4. The number of fused-ring (bicyclic) bond motifs is 5. The third-order valence-corrected chi connectivity index (χ3v) is 4.98. The molecular weight excluding hydrogens is 344 g/mol. The van der Waals surface area contributed by atoms with E-state index in [0.717, 1.165) is 4.90 Å².